The molecule has 0 saturated carbocycles. The summed E-state index contributed by atoms with van der Waals surface area (Å²) >= 11 is 4.92. The molecule has 1 amide bonds. The summed E-state index contributed by atoms with van der Waals surface area (Å²) < 4.78 is 1.78. The Hall–Kier alpha value is -1.43. The Bertz CT molecular complexity index is 475. The van der Waals surface area contributed by atoms with Crippen LogP contribution in [-0.4, -0.2) is 22.0 Å². The third-order valence-corrected chi connectivity index (χ3v) is 2.25. The number of rotatable bonds is 4. The minimum absolute atomic E-state index is 0.114. The molecule has 16 heavy (non-hydrogen) atoms. The van der Waals surface area contributed by atoms with Gasteiger partial charge in [-0.2, -0.15) is 0 Å². The van der Waals surface area contributed by atoms with Crippen LogP contribution >= 0.6 is 12.2 Å². The molecular weight excluding hydrogens is 226 g/mol. The van der Waals surface area contributed by atoms with Gasteiger partial charge in [0, 0.05) is 18.8 Å². The summed E-state index contributed by atoms with van der Waals surface area (Å²) in [6.45, 7) is 4.80. The standard InChI is InChI=1S/C10H15N3O2S/c1-7(2)5-11-9(15)6-13-4-3-8(14)12-10(13)16/h3-4,7H,5-6H2,1-2H3,(H,11,15)(H,12,14,16). The number of nitrogens with zero attached hydrogens (tertiary/aromatic N) is 1. The molecule has 0 fully saturated rings. The van der Waals surface area contributed by atoms with Gasteiger partial charge in [0.1, 0.15) is 6.54 Å². The highest BCUT2D eigenvalue weighted by Gasteiger charge is 2.03. The molecule has 0 aliphatic carbocycles. The molecule has 1 heterocycles. The monoisotopic (exact) mass is 241 g/mol. The first-order valence-electron chi connectivity index (χ1n) is 5.05. The predicted octanol–water partition coefficient (Wildman–Crippen LogP) is 0.678. The van der Waals surface area contributed by atoms with Crippen molar-refractivity contribution in [3.05, 3.63) is 27.4 Å². The van der Waals surface area contributed by atoms with E-state index in [0.717, 1.165) is 0 Å². The normalized spacial score (nSPS) is 10.4. The average Bonchev–Trinajstić information content (AvgIpc) is 2.19. The Morgan fingerprint density at radius 3 is 2.88 bits per heavy atom. The first-order chi connectivity index (χ1) is 7.49. The van der Waals surface area contributed by atoms with Crippen molar-refractivity contribution in [2.45, 2.75) is 20.4 Å². The van der Waals surface area contributed by atoms with Crippen molar-refractivity contribution < 1.29 is 4.79 Å². The molecule has 1 aromatic heterocycles. The summed E-state index contributed by atoms with van der Waals surface area (Å²) in [5, 5.41) is 2.77. The number of nitrogens with one attached hydrogen (secondary N) is 2. The molecule has 0 unspecified atom stereocenters. The van der Waals surface area contributed by atoms with Crippen molar-refractivity contribution in [3.8, 4) is 0 Å². The highest BCUT2D eigenvalue weighted by atomic mass is 32.1. The lowest BCUT2D eigenvalue weighted by atomic mass is 10.2. The van der Waals surface area contributed by atoms with E-state index in [9.17, 15) is 9.59 Å². The van der Waals surface area contributed by atoms with Gasteiger partial charge in [-0.1, -0.05) is 13.8 Å². The second kappa shape index (κ2) is 5.60. The summed E-state index contributed by atoms with van der Waals surface area (Å²) in [5.41, 5.74) is -0.260. The Kier molecular flexibility index (Phi) is 4.42. The summed E-state index contributed by atoms with van der Waals surface area (Å²) in [6, 6.07) is 1.34. The Morgan fingerprint density at radius 2 is 2.31 bits per heavy atom. The van der Waals surface area contributed by atoms with Gasteiger partial charge in [0.25, 0.3) is 5.56 Å². The van der Waals surface area contributed by atoms with E-state index in [2.05, 4.69) is 10.3 Å². The van der Waals surface area contributed by atoms with Gasteiger partial charge < -0.3 is 9.88 Å². The fourth-order valence-corrected chi connectivity index (χ4v) is 1.32. The molecule has 0 radical (unpaired) electrons. The number of aromatic amines is 1. The van der Waals surface area contributed by atoms with Crippen molar-refractivity contribution in [2.24, 2.45) is 5.92 Å². The maximum atomic E-state index is 11.5. The lowest BCUT2D eigenvalue weighted by molar-refractivity contribution is -0.121. The molecule has 88 valence electrons. The molecule has 0 saturated heterocycles. The highest BCUT2D eigenvalue weighted by molar-refractivity contribution is 7.71. The van der Waals surface area contributed by atoms with Gasteiger partial charge in [-0.05, 0) is 18.1 Å². The number of amides is 1. The van der Waals surface area contributed by atoms with Gasteiger partial charge in [0.2, 0.25) is 5.91 Å². The molecule has 6 heteroatoms. The molecule has 0 spiro atoms. The fraction of sp³-hybridized carbons (Fsp3) is 0.500. The predicted molar refractivity (Wildman–Crippen MR) is 63.7 cm³/mol. The van der Waals surface area contributed by atoms with Gasteiger partial charge in [-0.25, -0.2) is 0 Å². The van der Waals surface area contributed by atoms with Crippen LogP contribution in [0.4, 0.5) is 0 Å². The van der Waals surface area contributed by atoms with Crippen molar-refractivity contribution >= 4 is 18.1 Å². The zero-order valence-electron chi connectivity index (χ0n) is 9.32. The van der Waals surface area contributed by atoms with Crippen LogP contribution in [0.1, 0.15) is 13.8 Å². The van der Waals surface area contributed by atoms with Gasteiger partial charge >= 0.3 is 0 Å². The third-order valence-electron chi connectivity index (χ3n) is 1.92. The summed E-state index contributed by atoms with van der Waals surface area (Å²) in [6.07, 6.45) is 1.51. The van der Waals surface area contributed by atoms with Crippen LogP contribution in [0.2, 0.25) is 0 Å². The molecule has 0 aromatic carbocycles. The first kappa shape index (κ1) is 12.6. The maximum absolute atomic E-state index is 11.5. The summed E-state index contributed by atoms with van der Waals surface area (Å²) in [7, 11) is 0. The molecular formula is C10H15N3O2S. The maximum Gasteiger partial charge on any atom is 0.251 e. The summed E-state index contributed by atoms with van der Waals surface area (Å²) in [4.78, 5) is 24.8. The van der Waals surface area contributed by atoms with E-state index in [4.69, 9.17) is 12.2 Å². The van der Waals surface area contributed by atoms with E-state index in [1.54, 1.807) is 0 Å². The van der Waals surface area contributed by atoms with Crippen molar-refractivity contribution in [3.63, 3.8) is 0 Å². The number of hydrogen-bond donors (Lipinski definition) is 2. The van der Waals surface area contributed by atoms with Crippen LogP contribution in [0.15, 0.2) is 17.1 Å². The molecule has 5 nitrogen and oxygen atoms in total. The smallest absolute Gasteiger partial charge is 0.251 e. The molecule has 0 aliphatic rings. The van der Waals surface area contributed by atoms with Crippen LogP contribution in [0.3, 0.4) is 0 Å². The number of H-pyrrole nitrogens is 1. The van der Waals surface area contributed by atoms with E-state index < -0.39 is 0 Å². The highest BCUT2D eigenvalue weighted by Crippen LogP contribution is 1.90. The minimum Gasteiger partial charge on any atom is -0.354 e. The van der Waals surface area contributed by atoms with Crippen LogP contribution < -0.4 is 10.9 Å². The number of aromatic nitrogens is 2. The van der Waals surface area contributed by atoms with Crippen molar-refractivity contribution in [2.75, 3.05) is 6.54 Å². The van der Waals surface area contributed by atoms with Crippen LogP contribution in [0, 0.1) is 10.7 Å². The zero-order chi connectivity index (χ0) is 12.1. The van der Waals surface area contributed by atoms with Crippen molar-refractivity contribution in [1.82, 2.24) is 14.9 Å². The van der Waals surface area contributed by atoms with Crippen molar-refractivity contribution in [1.29, 1.82) is 0 Å². The SMILES string of the molecule is CC(C)CNC(=O)Cn1ccc(=O)[nH]c1=S. The van der Waals surface area contributed by atoms with Gasteiger partial charge in [0.15, 0.2) is 4.77 Å². The van der Waals surface area contributed by atoms with E-state index in [0.29, 0.717) is 12.5 Å². The lowest BCUT2D eigenvalue weighted by Gasteiger charge is -2.09. The van der Waals surface area contributed by atoms with E-state index in [1.807, 2.05) is 13.8 Å². The number of carbonyl (C=O) groups excluding carboxylic acids is 1. The van der Waals surface area contributed by atoms with Crippen LogP contribution in [-0.2, 0) is 11.3 Å². The molecule has 2 N–H and O–H groups in total. The number of hydrogen-bond acceptors (Lipinski definition) is 3. The van der Waals surface area contributed by atoms with Gasteiger partial charge in [-0.15, -0.1) is 0 Å². The average molecular weight is 241 g/mol. The number of carbonyl (C=O) groups is 1. The molecule has 0 atom stereocenters. The Labute approximate surface area is 98.5 Å². The fourth-order valence-electron chi connectivity index (χ4n) is 1.10. The van der Waals surface area contributed by atoms with E-state index >= 15 is 0 Å². The summed E-state index contributed by atoms with van der Waals surface area (Å²) in [5.74, 6) is 0.296. The van der Waals surface area contributed by atoms with E-state index in [-0.39, 0.29) is 22.8 Å². The second-order valence-electron chi connectivity index (χ2n) is 3.94. The zero-order valence-corrected chi connectivity index (χ0v) is 10.1. The second-order valence-corrected chi connectivity index (χ2v) is 4.32. The quantitative estimate of drug-likeness (QED) is 0.762. The van der Waals surface area contributed by atoms with Crippen LogP contribution in [0.5, 0.6) is 0 Å². The Morgan fingerprint density at radius 1 is 1.62 bits per heavy atom. The Balaban J connectivity index is 2.63. The van der Waals surface area contributed by atoms with Gasteiger partial charge in [0.05, 0.1) is 0 Å². The largest absolute Gasteiger partial charge is 0.354 e. The first-order valence-corrected chi connectivity index (χ1v) is 5.46. The van der Waals surface area contributed by atoms with E-state index in [1.165, 1.54) is 16.8 Å². The minimum atomic E-state index is -0.260. The third kappa shape index (κ3) is 3.98. The molecule has 1 rings (SSSR count). The molecule has 0 aliphatic heterocycles. The molecule has 0 bridgehead atoms. The molecule has 1 aromatic rings. The topological polar surface area (TPSA) is 66.9 Å². The van der Waals surface area contributed by atoms with Crippen LogP contribution in [0.25, 0.3) is 0 Å². The van der Waals surface area contributed by atoms with Gasteiger partial charge in [-0.3, -0.25) is 14.6 Å². The lowest BCUT2D eigenvalue weighted by Crippen LogP contribution is -2.31.